The van der Waals surface area contributed by atoms with E-state index in [0.717, 1.165) is 16.9 Å². The van der Waals surface area contributed by atoms with Gasteiger partial charge < -0.3 is 19.9 Å². The van der Waals surface area contributed by atoms with Gasteiger partial charge >= 0.3 is 0 Å². The van der Waals surface area contributed by atoms with E-state index < -0.39 is 0 Å². The molecule has 128 valence electrons. The van der Waals surface area contributed by atoms with Crippen molar-refractivity contribution in [1.82, 2.24) is 0 Å². The lowest BCUT2D eigenvalue weighted by atomic mass is 10.1. The minimum Gasteiger partial charge on any atom is -0.504 e. The monoisotopic (exact) mass is 337 g/mol. The fourth-order valence-corrected chi connectivity index (χ4v) is 2.47. The number of ketones is 1. The predicted octanol–water partition coefficient (Wildman–Crippen LogP) is 4.01. The van der Waals surface area contributed by atoms with Gasteiger partial charge in [0.05, 0.1) is 12.3 Å². The lowest BCUT2D eigenvalue weighted by molar-refractivity contribution is 0.104. The molecule has 0 saturated heterocycles. The van der Waals surface area contributed by atoms with Gasteiger partial charge in [-0.2, -0.15) is 0 Å². The first-order valence-corrected chi connectivity index (χ1v) is 7.96. The maximum Gasteiger partial charge on any atom is 0.185 e. The van der Waals surface area contributed by atoms with E-state index in [1.54, 1.807) is 42.5 Å². The molecule has 5 nitrogen and oxygen atoms in total. The number of nitrogens with one attached hydrogen (secondary N) is 1. The van der Waals surface area contributed by atoms with Crippen molar-refractivity contribution in [3.63, 3.8) is 0 Å². The van der Waals surface area contributed by atoms with Gasteiger partial charge in [0.15, 0.2) is 17.3 Å². The zero-order valence-electron chi connectivity index (χ0n) is 13.9. The van der Waals surface area contributed by atoms with Crippen LogP contribution in [-0.2, 0) is 0 Å². The summed E-state index contributed by atoms with van der Waals surface area (Å²) in [6.45, 7) is 6.54. The van der Waals surface area contributed by atoms with Crippen molar-refractivity contribution in [3.8, 4) is 17.2 Å². The summed E-state index contributed by atoms with van der Waals surface area (Å²) in [7, 11) is 0. The number of fused-ring (bicyclic) bond motifs is 1. The van der Waals surface area contributed by atoms with Crippen LogP contribution in [0.3, 0.4) is 0 Å². The van der Waals surface area contributed by atoms with Gasteiger partial charge in [-0.3, -0.25) is 4.79 Å². The molecule has 0 spiro atoms. The number of allylic oxidation sites excluding steroid dienone is 1. The number of benzene rings is 2. The second-order valence-corrected chi connectivity index (χ2v) is 5.59. The standard InChI is InChI=1S/C20H19NO4/c1-3-24-20-10-14(5-8-18(20)23)4-7-17(22)15-6-9-19-16(11-15)21-13(2)12-25-19/h4-11,21,23H,2-3,12H2,1H3/b7-4+. The van der Waals surface area contributed by atoms with E-state index in [-0.39, 0.29) is 11.5 Å². The molecule has 1 aliphatic heterocycles. The van der Waals surface area contributed by atoms with Crippen LogP contribution in [0.25, 0.3) is 6.08 Å². The topological polar surface area (TPSA) is 67.8 Å². The van der Waals surface area contributed by atoms with Crippen LogP contribution in [0, 0.1) is 0 Å². The molecule has 0 atom stereocenters. The van der Waals surface area contributed by atoms with Crippen LogP contribution in [0.15, 0.2) is 54.8 Å². The number of rotatable bonds is 5. The molecule has 0 unspecified atom stereocenters. The van der Waals surface area contributed by atoms with Gasteiger partial charge in [0.2, 0.25) is 0 Å². The average Bonchev–Trinajstić information content (AvgIpc) is 2.61. The molecule has 3 rings (SSSR count). The van der Waals surface area contributed by atoms with E-state index in [1.165, 1.54) is 6.08 Å². The van der Waals surface area contributed by atoms with Crippen molar-refractivity contribution in [1.29, 1.82) is 0 Å². The lowest BCUT2D eigenvalue weighted by Crippen LogP contribution is -2.15. The summed E-state index contributed by atoms with van der Waals surface area (Å²) >= 11 is 0. The number of hydrogen-bond donors (Lipinski definition) is 2. The highest BCUT2D eigenvalue weighted by atomic mass is 16.5. The number of carbonyl (C=O) groups excluding carboxylic acids is 1. The van der Waals surface area contributed by atoms with Crippen LogP contribution in [-0.4, -0.2) is 24.1 Å². The van der Waals surface area contributed by atoms with Crippen LogP contribution in [0.2, 0.25) is 0 Å². The zero-order chi connectivity index (χ0) is 17.8. The smallest absolute Gasteiger partial charge is 0.185 e. The number of anilines is 1. The molecule has 0 bridgehead atoms. The number of phenols is 1. The molecule has 0 aliphatic carbocycles. The minimum absolute atomic E-state index is 0.0753. The summed E-state index contributed by atoms with van der Waals surface area (Å²) in [6, 6.07) is 10.2. The quantitative estimate of drug-likeness (QED) is 0.637. The Morgan fingerprint density at radius 2 is 2.20 bits per heavy atom. The van der Waals surface area contributed by atoms with Gasteiger partial charge in [0.1, 0.15) is 12.4 Å². The summed E-state index contributed by atoms with van der Waals surface area (Å²) < 4.78 is 10.9. The number of carbonyl (C=O) groups is 1. The largest absolute Gasteiger partial charge is 0.504 e. The number of hydrogen-bond acceptors (Lipinski definition) is 5. The summed E-state index contributed by atoms with van der Waals surface area (Å²) in [5.74, 6) is 1.04. The molecule has 1 aliphatic rings. The maximum atomic E-state index is 12.4. The molecule has 0 aromatic heterocycles. The molecule has 0 radical (unpaired) electrons. The van der Waals surface area contributed by atoms with Gasteiger partial charge in [-0.05, 0) is 48.9 Å². The Balaban J connectivity index is 1.78. The van der Waals surface area contributed by atoms with Crippen molar-refractivity contribution < 1.29 is 19.4 Å². The van der Waals surface area contributed by atoms with Crippen molar-refractivity contribution in [2.45, 2.75) is 6.92 Å². The van der Waals surface area contributed by atoms with Crippen LogP contribution in [0.1, 0.15) is 22.8 Å². The fourth-order valence-electron chi connectivity index (χ4n) is 2.47. The molecule has 5 heteroatoms. The van der Waals surface area contributed by atoms with E-state index in [0.29, 0.717) is 30.3 Å². The van der Waals surface area contributed by atoms with Gasteiger partial charge in [-0.15, -0.1) is 0 Å². The number of aromatic hydroxyl groups is 1. The first-order valence-electron chi connectivity index (χ1n) is 7.96. The Morgan fingerprint density at radius 3 is 3.00 bits per heavy atom. The summed E-state index contributed by atoms with van der Waals surface area (Å²) in [6.07, 6.45) is 3.18. The molecule has 2 N–H and O–H groups in total. The highest BCUT2D eigenvalue weighted by Gasteiger charge is 2.14. The minimum atomic E-state index is -0.133. The third-order valence-electron chi connectivity index (χ3n) is 3.69. The first-order chi connectivity index (χ1) is 12.1. The first kappa shape index (κ1) is 16.6. The summed E-state index contributed by atoms with van der Waals surface area (Å²) in [5.41, 5.74) is 2.80. The molecule has 2 aromatic rings. The molecule has 0 amide bonds. The molecule has 0 fully saturated rings. The van der Waals surface area contributed by atoms with E-state index >= 15 is 0 Å². The van der Waals surface area contributed by atoms with Crippen LogP contribution < -0.4 is 14.8 Å². The molecule has 25 heavy (non-hydrogen) atoms. The fraction of sp³-hybridized carbons (Fsp3) is 0.150. The van der Waals surface area contributed by atoms with Crippen molar-refractivity contribution in [3.05, 3.63) is 65.9 Å². The Labute approximate surface area is 146 Å². The van der Waals surface area contributed by atoms with Gasteiger partial charge in [-0.1, -0.05) is 18.7 Å². The van der Waals surface area contributed by atoms with Gasteiger partial charge in [-0.25, -0.2) is 0 Å². The Hall–Kier alpha value is -3.21. The van der Waals surface area contributed by atoms with E-state index in [4.69, 9.17) is 9.47 Å². The highest BCUT2D eigenvalue weighted by molar-refractivity contribution is 6.07. The van der Waals surface area contributed by atoms with Crippen LogP contribution in [0.5, 0.6) is 17.2 Å². The SMILES string of the molecule is C=C1COc2ccc(C(=O)/C=C/c3ccc(O)c(OCC)c3)cc2N1. The van der Waals surface area contributed by atoms with Crippen molar-refractivity contribution >= 4 is 17.5 Å². The Morgan fingerprint density at radius 1 is 1.36 bits per heavy atom. The van der Waals surface area contributed by atoms with E-state index in [9.17, 15) is 9.90 Å². The third-order valence-corrected chi connectivity index (χ3v) is 3.69. The Kier molecular flexibility index (Phi) is 4.75. The van der Waals surface area contributed by atoms with Crippen molar-refractivity contribution in [2.24, 2.45) is 0 Å². The van der Waals surface area contributed by atoms with Crippen molar-refractivity contribution in [2.75, 3.05) is 18.5 Å². The lowest BCUT2D eigenvalue weighted by Gasteiger charge is -2.21. The van der Waals surface area contributed by atoms with Gasteiger partial charge in [0, 0.05) is 11.3 Å². The molecule has 0 saturated carbocycles. The second kappa shape index (κ2) is 7.13. The molecule has 2 aromatic carbocycles. The zero-order valence-corrected chi connectivity index (χ0v) is 13.9. The average molecular weight is 337 g/mol. The maximum absolute atomic E-state index is 12.4. The van der Waals surface area contributed by atoms with Gasteiger partial charge in [0.25, 0.3) is 0 Å². The van der Waals surface area contributed by atoms with E-state index in [2.05, 4.69) is 11.9 Å². The predicted molar refractivity (Wildman–Crippen MR) is 97.3 cm³/mol. The summed E-state index contributed by atoms with van der Waals surface area (Å²) in [5, 5.41) is 12.8. The molecular formula is C20H19NO4. The Bertz CT molecular complexity index is 855. The second-order valence-electron chi connectivity index (χ2n) is 5.59. The molecule has 1 heterocycles. The number of ether oxygens (including phenoxy) is 2. The van der Waals surface area contributed by atoms with Crippen LogP contribution >= 0.6 is 0 Å². The third kappa shape index (κ3) is 3.83. The summed E-state index contributed by atoms with van der Waals surface area (Å²) in [4.78, 5) is 12.4. The number of phenolic OH excluding ortho intramolecular Hbond substituents is 1. The molecular weight excluding hydrogens is 318 g/mol. The normalized spacial score (nSPS) is 13.1. The van der Waals surface area contributed by atoms with E-state index in [1.807, 2.05) is 6.92 Å². The highest BCUT2D eigenvalue weighted by Crippen LogP contribution is 2.31. The van der Waals surface area contributed by atoms with Crippen LogP contribution in [0.4, 0.5) is 5.69 Å².